The lowest BCUT2D eigenvalue weighted by Gasteiger charge is -2.39. The number of carbonyl (C=O) groups is 1. The zero-order chi connectivity index (χ0) is 44.9. The lowest BCUT2D eigenvalue weighted by molar-refractivity contribution is 0.0608. The van der Waals surface area contributed by atoms with Crippen molar-refractivity contribution >= 4 is 41.0 Å². The maximum Gasteiger partial charge on any atom is 0.411 e. The number of likely N-dealkylation sites (tertiary alicyclic amines) is 1. The van der Waals surface area contributed by atoms with Crippen LogP contribution in [0.3, 0.4) is 0 Å². The van der Waals surface area contributed by atoms with Gasteiger partial charge in [-0.2, -0.15) is 0 Å². The molecule has 6 rings (SSSR count). The molecule has 14 heteroatoms. The monoisotopic (exact) mass is 895 g/mol. The zero-order valence-corrected chi connectivity index (χ0v) is 39.3. The van der Waals surface area contributed by atoms with E-state index in [1.165, 1.54) is 0 Å². The minimum Gasteiger partial charge on any atom is -0.487 e. The van der Waals surface area contributed by atoms with E-state index in [1.807, 2.05) is 97.1 Å². The van der Waals surface area contributed by atoms with Gasteiger partial charge in [0.25, 0.3) is 0 Å². The highest BCUT2D eigenvalue weighted by Crippen LogP contribution is 2.41. The summed E-state index contributed by atoms with van der Waals surface area (Å²) in [5.41, 5.74) is 5.10. The zero-order valence-electron chi connectivity index (χ0n) is 37.5. The summed E-state index contributed by atoms with van der Waals surface area (Å²) in [5.74, 6) is 0.634. The summed E-state index contributed by atoms with van der Waals surface area (Å²) in [6.45, 7) is 15.0. The number of anilines is 1. The molecule has 0 spiro atoms. The maximum absolute atomic E-state index is 12.9. The van der Waals surface area contributed by atoms with Crippen molar-refractivity contribution in [3.05, 3.63) is 131 Å². The average molecular weight is 896 g/mol. The van der Waals surface area contributed by atoms with Gasteiger partial charge in [0.2, 0.25) is 15.6 Å². The number of aromatic amines is 1. The highest BCUT2D eigenvalue weighted by molar-refractivity contribution is 7.89. The normalized spacial score (nSPS) is 14.7. The van der Waals surface area contributed by atoms with Crippen LogP contribution in [0.25, 0.3) is 22.0 Å². The Morgan fingerprint density at radius 1 is 0.857 bits per heavy atom. The standard InChI is InChI=1S/C49H65N5O7SSi/c1-49(2,3)63(4,5)61-45(41-23-25-44(47-42(41)24-26-46(55)53-47)59-36-37-17-9-6-10-18-37)35-50-29-15-8-16-30-51-62(57,58)34-33-54-31-27-39(28-32-54)60-48(56)52-43-22-14-13-21-40(43)38-19-11-7-12-20-38/h6-7,9-14,17-26,39,45,50-51H,8,15-16,27-36H2,1-5H3,(H,52,56)(H,53,55)/t45-/m0/s1. The van der Waals surface area contributed by atoms with E-state index in [0.717, 1.165) is 53.4 Å². The summed E-state index contributed by atoms with van der Waals surface area (Å²) in [5, 5.41) is 7.39. The number of aromatic nitrogens is 1. The number of amides is 1. The molecule has 0 unspecified atom stereocenters. The molecule has 4 N–H and O–H groups in total. The molecule has 0 bridgehead atoms. The van der Waals surface area contributed by atoms with Crippen LogP contribution in [-0.4, -0.2) is 83.8 Å². The molecular weight excluding hydrogens is 831 g/mol. The molecule has 338 valence electrons. The molecule has 1 amide bonds. The number of nitrogens with one attached hydrogen (secondary N) is 4. The molecular formula is C49H65N5O7SSi. The Morgan fingerprint density at radius 2 is 1.54 bits per heavy atom. The number of hydrogen-bond acceptors (Lipinski definition) is 9. The van der Waals surface area contributed by atoms with Crippen molar-refractivity contribution in [2.45, 2.75) is 89.8 Å². The molecule has 1 saturated heterocycles. The lowest BCUT2D eigenvalue weighted by atomic mass is 10.0. The number of fused-ring (bicyclic) bond motifs is 1. The topological polar surface area (TPSA) is 151 Å². The number of sulfonamides is 1. The molecule has 1 aliphatic heterocycles. The number of nitrogens with zero attached hydrogens (tertiary/aromatic N) is 1. The first-order chi connectivity index (χ1) is 30.2. The highest BCUT2D eigenvalue weighted by atomic mass is 32.2. The molecule has 4 aromatic carbocycles. The number of H-pyrrole nitrogens is 1. The van der Waals surface area contributed by atoms with E-state index in [9.17, 15) is 18.0 Å². The van der Waals surface area contributed by atoms with E-state index in [0.29, 0.717) is 69.1 Å². The van der Waals surface area contributed by atoms with Gasteiger partial charge in [0.15, 0.2) is 8.32 Å². The Hall–Kier alpha value is -4.83. The van der Waals surface area contributed by atoms with Crippen LogP contribution in [0.15, 0.2) is 114 Å². The molecule has 1 fully saturated rings. The highest BCUT2D eigenvalue weighted by Gasteiger charge is 2.40. The Kier molecular flexibility index (Phi) is 16.8. The fourth-order valence-electron chi connectivity index (χ4n) is 7.47. The summed E-state index contributed by atoms with van der Waals surface area (Å²) in [6.07, 6.45) is 2.78. The minimum atomic E-state index is -3.43. The van der Waals surface area contributed by atoms with Crippen LogP contribution >= 0.6 is 0 Å². The van der Waals surface area contributed by atoms with E-state index in [1.54, 1.807) is 6.07 Å². The third-order valence-corrected chi connectivity index (χ3v) is 18.0. The second kappa shape index (κ2) is 22.2. The summed E-state index contributed by atoms with van der Waals surface area (Å²) in [6, 6.07) is 34.9. The Bertz CT molecular complexity index is 2400. The van der Waals surface area contributed by atoms with E-state index in [2.05, 4.69) is 65.2 Å². The van der Waals surface area contributed by atoms with Crippen LogP contribution in [0, 0.1) is 0 Å². The second-order valence-electron chi connectivity index (χ2n) is 17.9. The number of piperidine rings is 1. The van der Waals surface area contributed by atoms with Gasteiger partial charge in [0.1, 0.15) is 18.5 Å². The van der Waals surface area contributed by atoms with Gasteiger partial charge in [-0.1, -0.05) is 112 Å². The third-order valence-electron chi connectivity index (χ3n) is 12.1. The number of benzene rings is 4. The van der Waals surface area contributed by atoms with Crippen molar-refractivity contribution in [3.8, 4) is 16.9 Å². The number of unbranched alkanes of at least 4 members (excludes halogenated alkanes) is 2. The van der Waals surface area contributed by atoms with Gasteiger partial charge in [-0.15, -0.1) is 0 Å². The molecule has 1 aromatic heterocycles. The predicted octanol–water partition coefficient (Wildman–Crippen LogP) is 9.23. The van der Waals surface area contributed by atoms with Crippen molar-refractivity contribution in [1.29, 1.82) is 0 Å². The number of para-hydroxylation sites is 1. The number of hydrogen-bond donors (Lipinski definition) is 4. The van der Waals surface area contributed by atoms with E-state index < -0.39 is 24.4 Å². The molecule has 0 radical (unpaired) electrons. The molecule has 12 nitrogen and oxygen atoms in total. The SMILES string of the molecule is CC(C)(C)[Si](C)(C)O[C@@H](CNCCCCCNS(=O)(=O)CCN1CCC(OC(=O)Nc2ccccc2-c2ccccc2)CC1)c1ccc(OCc2ccccc2)c2[nH]c(=O)ccc12. The van der Waals surface area contributed by atoms with Gasteiger partial charge in [-0.25, -0.2) is 17.9 Å². The van der Waals surface area contributed by atoms with E-state index in [-0.39, 0.29) is 28.6 Å². The third kappa shape index (κ3) is 14.1. The first-order valence-corrected chi connectivity index (χ1v) is 26.8. The predicted molar refractivity (Wildman–Crippen MR) is 256 cm³/mol. The molecule has 5 aromatic rings. The van der Waals surface area contributed by atoms with Crippen molar-refractivity contribution < 1.29 is 27.1 Å². The van der Waals surface area contributed by atoms with Gasteiger partial charge in [0, 0.05) is 49.7 Å². The average Bonchev–Trinajstić information content (AvgIpc) is 3.26. The smallest absolute Gasteiger partial charge is 0.411 e. The Labute approximate surface area is 374 Å². The van der Waals surface area contributed by atoms with Crippen LogP contribution < -0.4 is 25.7 Å². The van der Waals surface area contributed by atoms with Gasteiger partial charge in [-0.05, 0) is 85.2 Å². The van der Waals surface area contributed by atoms with Gasteiger partial charge in [-0.3, -0.25) is 10.1 Å². The second-order valence-corrected chi connectivity index (χ2v) is 24.5. The molecule has 1 atom stereocenters. The molecule has 2 heterocycles. The maximum atomic E-state index is 12.9. The molecule has 0 saturated carbocycles. The van der Waals surface area contributed by atoms with Crippen molar-refractivity contribution in [1.82, 2.24) is 19.9 Å². The largest absolute Gasteiger partial charge is 0.487 e. The Balaban J connectivity index is 0.913. The van der Waals surface area contributed by atoms with Gasteiger partial charge in [0.05, 0.1) is 23.1 Å². The summed E-state index contributed by atoms with van der Waals surface area (Å²) >= 11 is 0. The lowest BCUT2D eigenvalue weighted by Crippen LogP contribution is -2.43. The molecule has 63 heavy (non-hydrogen) atoms. The Morgan fingerprint density at radius 3 is 2.27 bits per heavy atom. The summed E-state index contributed by atoms with van der Waals surface area (Å²) in [4.78, 5) is 30.5. The van der Waals surface area contributed by atoms with Crippen LogP contribution in [0.5, 0.6) is 5.75 Å². The van der Waals surface area contributed by atoms with Crippen LogP contribution in [0.4, 0.5) is 10.5 Å². The first kappa shape index (κ1) is 47.6. The van der Waals surface area contributed by atoms with Gasteiger partial charge < -0.3 is 29.1 Å². The summed E-state index contributed by atoms with van der Waals surface area (Å²) in [7, 11) is -5.64. The quantitative estimate of drug-likeness (QED) is 0.0418. The number of carbonyl (C=O) groups excluding carboxylic acids is 1. The number of ether oxygens (including phenoxy) is 2. The van der Waals surface area contributed by atoms with Crippen LogP contribution in [-0.2, 0) is 25.8 Å². The van der Waals surface area contributed by atoms with Gasteiger partial charge >= 0.3 is 6.09 Å². The number of pyridine rings is 1. The first-order valence-electron chi connectivity index (χ1n) is 22.2. The minimum absolute atomic E-state index is 0.00976. The molecule has 0 aliphatic carbocycles. The fraction of sp³-hybridized carbons (Fsp3) is 0.429. The number of rotatable bonds is 21. The van der Waals surface area contributed by atoms with Crippen molar-refractivity contribution in [2.75, 3.05) is 50.3 Å². The fourth-order valence-corrected chi connectivity index (χ4v) is 9.84. The van der Waals surface area contributed by atoms with Crippen LogP contribution in [0.2, 0.25) is 18.1 Å². The van der Waals surface area contributed by atoms with Crippen molar-refractivity contribution in [2.24, 2.45) is 0 Å². The van der Waals surface area contributed by atoms with Crippen LogP contribution in [0.1, 0.15) is 70.1 Å². The van der Waals surface area contributed by atoms with Crippen molar-refractivity contribution in [3.63, 3.8) is 0 Å². The van der Waals surface area contributed by atoms with E-state index >= 15 is 0 Å². The van der Waals surface area contributed by atoms with E-state index in [4.69, 9.17) is 13.9 Å². The molecule has 1 aliphatic rings. The summed E-state index contributed by atoms with van der Waals surface area (Å²) < 4.78 is 47.6.